The Labute approximate surface area is 203 Å². The second-order valence-corrected chi connectivity index (χ2v) is 8.12. The zero-order chi connectivity index (χ0) is 22.0. The summed E-state index contributed by atoms with van der Waals surface area (Å²) < 4.78 is 10.3. The van der Waals surface area contributed by atoms with E-state index in [0.717, 1.165) is 44.4 Å². The zero-order valence-corrected chi connectivity index (χ0v) is 21.8. The van der Waals surface area contributed by atoms with Crippen molar-refractivity contribution in [3.8, 4) is 5.75 Å². The quantitative estimate of drug-likeness (QED) is 0.212. The predicted molar refractivity (Wildman–Crippen MR) is 136 cm³/mol. The van der Waals surface area contributed by atoms with Gasteiger partial charge in [0.25, 0.3) is 0 Å². The molecule has 31 heavy (non-hydrogen) atoms. The Hall–Kier alpha value is -1.59. The summed E-state index contributed by atoms with van der Waals surface area (Å²) in [5.74, 6) is 1.81. The molecule has 1 saturated heterocycles. The molecule has 1 heterocycles. The van der Waals surface area contributed by atoms with Gasteiger partial charge in [-0.1, -0.05) is 26.0 Å². The first-order valence-electron chi connectivity index (χ1n) is 10.5. The number of aliphatic imine (C=N–C) groups is 1. The fraction of sp³-hybridized carbons (Fsp3) is 0.636. The SMILES string of the molecule is CN=C(NCC(C)(C)c1cccc(OC)c1)N1CCN(CC(=O)NCCOC)CC1.I. The molecule has 9 heteroatoms. The lowest BCUT2D eigenvalue weighted by Crippen LogP contribution is -2.55. The number of methoxy groups -OCH3 is 2. The third-order valence-corrected chi connectivity index (χ3v) is 5.42. The number of hydrogen-bond acceptors (Lipinski definition) is 5. The van der Waals surface area contributed by atoms with Gasteiger partial charge in [-0.2, -0.15) is 0 Å². The van der Waals surface area contributed by atoms with Gasteiger partial charge in [0.1, 0.15) is 5.75 Å². The van der Waals surface area contributed by atoms with Crippen LogP contribution >= 0.6 is 24.0 Å². The topological polar surface area (TPSA) is 78.4 Å². The van der Waals surface area contributed by atoms with E-state index in [2.05, 4.69) is 51.4 Å². The van der Waals surface area contributed by atoms with E-state index in [-0.39, 0.29) is 35.3 Å². The largest absolute Gasteiger partial charge is 0.497 e. The van der Waals surface area contributed by atoms with Gasteiger partial charge in [-0.05, 0) is 17.7 Å². The molecule has 2 rings (SSSR count). The van der Waals surface area contributed by atoms with E-state index < -0.39 is 0 Å². The molecule has 1 amide bonds. The van der Waals surface area contributed by atoms with E-state index in [9.17, 15) is 4.79 Å². The number of carbonyl (C=O) groups excluding carboxylic acids is 1. The van der Waals surface area contributed by atoms with E-state index in [0.29, 0.717) is 19.7 Å². The van der Waals surface area contributed by atoms with Crippen molar-refractivity contribution in [1.82, 2.24) is 20.4 Å². The number of nitrogens with zero attached hydrogens (tertiary/aromatic N) is 3. The molecule has 0 unspecified atom stereocenters. The first kappa shape index (κ1) is 27.4. The number of benzene rings is 1. The normalized spacial score (nSPS) is 15.3. The summed E-state index contributed by atoms with van der Waals surface area (Å²) >= 11 is 0. The summed E-state index contributed by atoms with van der Waals surface area (Å²) in [6.45, 7) is 10.0. The van der Waals surface area contributed by atoms with Crippen LogP contribution in [0.3, 0.4) is 0 Å². The van der Waals surface area contributed by atoms with E-state index in [1.165, 1.54) is 5.56 Å². The fourth-order valence-corrected chi connectivity index (χ4v) is 3.45. The minimum atomic E-state index is -0.0768. The Morgan fingerprint density at radius 1 is 1.16 bits per heavy atom. The maximum atomic E-state index is 12.0. The Balaban J connectivity index is 0.00000480. The lowest BCUT2D eigenvalue weighted by Gasteiger charge is -2.37. The van der Waals surface area contributed by atoms with E-state index in [1.54, 1.807) is 14.2 Å². The van der Waals surface area contributed by atoms with Gasteiger partial charge in [0.05, 0.1) is 20.3 Å². The van der Waals surface area contributed by atoms with Gasteiger partial charge >= 0.3 is 0 Å². The summed E-state index contributed by atoms with van der Waals surface area (Å²) in [4.78, 5) is 20.9. The van der Waals surface area contributed by atoms with E-state index in [1.807, 2.05) is 19.2 Å². The molecule has 0 aliphatic carbocycles. The van der Waals surface area contributed by atoms with Gasteiger partial charge in [-0.3, -0.25) is 14.7 Å². The van der Waals surface area contributed by atoms with Crippen molar-refractivity contribution in [2.24, 2.45) is 4.99 Å². The molecule has 0 spiro atoms. The highest BCUT2D eigenvalue weighted by molar-refractivity contribution is 14.0. The summed E-state index contributed by atoms with van der Waals surface area (Å²) in [6, 6.07) is 8.20. The fourth-order valence-electron chi connectivity index (χ4n) is 3.45. The molecular weight excluding hydrogens is 509 g/mol. The molecule has 0 atom stereocenters. The number of amides is 1. The molecule has 0 saturated carbocycles. The highest BCUT2D eigenvalue weighted by Crippen LogP contribution is 2.25. The third-order valence-electron chi connectivity index (χ3n) is 5.42. The molecule has 176 valence electrons. The number of halogens is 1. The molecule has 1 aliphatic heterocycles. The molecule has 1 aromatic carbocycles. The van der Waals surface area contributed by atoms with Crippen molar-refractivity contribution in [1.29, 1.82) is 0 Å². The van der Waals surface area contributed by atoms with Crippen LogP contribution in [0.25, 0.3) is 0 Å². The van der Waals surface area contributed by atoms with Crippen LogP contribution in [0.15, 0.2) is 29.3 Å². The standard InChI is InChI=1S/C22H37N5O3.HI/c1-22(2,18-7-6-8-19(15-18)30-5)17-25-21(23-3)27-12-10-26(11-13-27)16-20(28)24-9-14-29-4;/h6-8,15H,9-14,16-17H2,1-5H3,(H,23,25)(H,24,28);1H. The first-order chi connectivity index (χ1) is 14.4. The minimum Gasteiger partial charge on any atom is -0.497 e. The number of guanidine groups is 1. The van der Waals surface area contributed by atoms with Gasteiger partial charge in [-0.15, -0.1) is 24.0 Å². The Morgan fingerprint density at radius 3 is 2.48 bits per heavy atom. The van der Waals surface area contributed by atoms with Crippen LogP contribution in [-0.4, -0.2) is 95.4 Å². The number of hydrogen-bond donors (Lipinski definition) is 2. The van der Waals surface area contributed by atoms with E-state index >= 15 is 0 Å². The lowest BCUT2D eigenvalue weighted by atomic mass is 9.84. The second-order valence-electron chi connectivity index (χ2n) is 8.12. The van der Waals surface area contributed by atoms with Crippen LogP contribution in [0.2, 0.25) is 0 Å². The van der Waals surface area contributed by atoms with Crippen LogP contribution in [-0.2, 0) is 14.9 Å². The van der Waals surface area contributed by atoms with Crippen molar-refractivity contribution in [2.45, 2.75) is 19.3 Å². The molecule has 0 aromatic heterocycles. The molecule has 8 nitrogen and oxygen atoms in total. The molecule has 1 aliphatic rings. The molecule has 2 N–H and O–H groups in total. The third kappa shape index (κ3) is 8.82. The van der Waals surface area contributed by atoms with Crippen molar-refractivity contribution in [3.05, 3.63) is 29.8 Å². The van der Waals surface area contributed by atoms with Crippen LogP contribution in [0, 0.1) is 0 Å². The Morgan fingerprint density at radius 2 is 1.87 bits per heavy atom. The number of piperazine rings is 1. The summed E-state index contributed by atoms with van der Waals surface area (Å²) in [7, 11) is 5.13. The number of rotatable bonds is 9. The average Bonchev–Trinajstić information content (AvgIpc) is 2.75. The van der Waals surface area contributed by atoms with Crippen LogP contribution in [0.1, 0.15) is 19.4 Å². The summed E-state index contributed by atoms with van der Waals surface area (Å²) in [6.07, 6.45) is 0. The van der Waals surface area contributed by atoms with Crippen molar-refractivity contribution < 1.29 is 14.3 Å². The first-order valence-corrected chi connectivity index (χ1v) is 10.5. The summed E-state index contributed by atoms with van der Waals surface area (Å²) in [5, 5.41) is 6.40. The van der Waals surface area contributed by atoms with Gasteiger partial charge in [0.15, 0.2) is 5.96 Å². The van der Waals surface area contributed by atoms with Crippen LogP contribution in [0.4, 0.5) is 0 Å². The maximum Gasteiger partial charge on any atom is 0.234 e. The predicted octanol–water partition coefficient (Wildman–Crippen LogP) is 1.55. The monoisotopic (exact) mass is 547 g/mol. The number of nitrogens with one attached hydrogen (secondary N) is 2. The molecule has 1 aromatic rings. The van der Waals surface area contributed by atoms with Crippen molar-refractivity contribution in [3.63, 3.8) is 0 Å². The number of ether oxygens (including phenoxy) is 2. The van der Waals surface area contributed by atoms with Crippen molar-refractivity contribution >= 4 is 35.8 Å². The second kappa shape index (κ2) is 13.7. The smallest absolute Gasteiger partial charge is 0.234 e. The van der Waals surface area contributed by atoms with Crippen LogP contribution < -0.4 is 15.4 Å². The van der Waals surface area contributed by atoms with Gasteiger partial charge in [0, 0.05) is 58.8 Å². The zero-order valence-electron chi connectivity index (χ0n) is 19.4. The average molecular weight is 547 g/mol. The molecule has 0 radical (unpaired) electrons. The molecule has 0 bridgehead atoms. The van der Waals surface area contributed by atoms with Crippen molar-refractivity contribution in [2.75, 3.05) is 73.7 Å². The van der Waals surface area contributed by atoms with E-state index in [4.69, 9.17) is 9.47 Å². The summed E-state index contributed by atoms with van der Waals surface area (Å²) in [5.41, 5.74) is 1.14. The van der Waals surface area contributed by atoms with Gasteiger partial charge < -0.3 is 25.0 Å². The Kier molecular flexibility index (Phi) is 12.2. The van der Waals surface area contributed by atoms with Crippen LogP contribution in [0.5, 0.6) is 5.75 Å². The number of carbonyl (C=O) groups is 1. The molecular formula is C22H38IN5O3. The maximum absolute atomic E-state index is 12.0. The minimum absolute atomic E-state index is 0. The van der Waals surface area contributed by atoms with Gasteiger partial charge in [0.2, 0.25) is 5.91 Å². The molecule has 1 fully saturated rings. The van der Waals surface area contributed by atoms with Gasteiger partial charge in [-0.25, -0.2) is 0 Å². The Bertz CT molecular complexity index is 706. The highest BCUT2D eigenvalue weighted by Gasteiger charge is 2.25. The lowest BCUT2D eigenvalue weighted by molar-refractivity contribution is -0.122. The highest BCUT2D eigenvalue weighted by atomic mass is 127.